The van der Waals surface area contributed by atoms with Gasteiger partial charge >= 0.3 is 5.97 Å². The lowest BCUT2D eigenvalue weighted by atomic mass is 10.1. The number of nitrogens with zero attached hydrogens (tertiary/aromatic N) is 1. The molecule has 2 rings (SSSR count). The normalized spacial score (nSPS) is 16.2. The van der Waals surface area contributed by atoms with Crippen molar-refractivity contribution in [2.24, 2.45) is 0 Å². The van der Waals surface area contributed by atoms with Gasteiger partial charge in [-0.1, -0.05) is 0 Å². The number of carboxylic acids is 1. The predicted octanol–water partition coefficient (Wildman–Crippen LogP) is 2.62. The van der Waals surface area contributed by atoms with E-state index in [2.05, 4.69) is 15.9 Å². The zero-order valence-electron chi connectivity index (χ0n) is 11.3. The molecular weight excluding hydrogens is 358 g/mol. The van der Waals surface area contributed by atoms with Crippen LogP contribution in [0.3, 0.4) is 0 Å². The summed E-state index contributed by atoms with van der Waals surface area (Å²) in [4.78, 5) is 25.6. The van der Waals surface area contributed by atoms with Crippen molar-refractivity contribution >= 4 is 45.2 Å². The molecule has 0 unspecified atom stereocenters. The first-order valence-corrected chi connectivity index (χ1v) is 8.21. The van der Waals surface area contributed by atoms with E-state index in [4.69, 9.17) is 9.84 Å². The van der Waals surface area contributed by atoms with Crippen LogP contribution in [0.25, 0.3) is 6.08 Å². The summed E-state index contributed by atoms with van der Waals surface area (Å²) in [6.45, 7) is 0.854. The number of carbonyl (C=O) groups is 2. The lowest BCUT2D eigenvalue weighted by Crippen LogP contribution is -2.45. The Morgan fingerprint density at radius 3 is 2.71 bits per heavy atom. The second-order valence-corrected chi connectivity index (χ2v) is 7.17. The highest BCUT2D eigenvalue weighted by Crippen LogP contribution is 2.23. The van der Waals surface area contributed by atoms with E-state index in [0.717, 1.165) is 8.66 Å². The summed E-state index contributed by atoms with van der Waals surface area (Å²) < 4.78 is 6.25. The second kappa shape index (κ2) is 7.72. The molecule has 0 atom stereocenters. The van der Waals surface area contributed by atoms with E-state index >= 15 is 0 Å². The van der Waals surface area contributed by atoms with Crippen LogP contribution in [0.5, 0.6) is 0 Å². The summed E-state index contributed by atoms with van der Waals surface area (Å²) in [6.07, 6.45) is 4.51. The number of halogens is 1. The maximum atomic E-state index is 12.3. The van der Waals surface area contributed by atoms with E-state index in [9.17, 15) is 9.59 Å². The van der Waals surface area contributed by atoms with Gasteiger partial charge in [-0.15, -0.1) is 11.3 Å². The molecule has 0 radical (unpaired) electrons. The molecule has 2 heterocycles. The minimum atomic E-state index is -0.998. The van der Waals surface area contributed by atoms with Crippen molar-refractivity contribution in [3.8, 4) is 0 Å². The molecule has 1 N–H and O–H groups in total. The van der Waals surface area contributed by atoms with Crippen molar-refractivity contribution in [3.05, 3.63) is 26.9 Å². The van der Waals surface area contributed by atoms with Gasteiger partial charge in [-0.25, -0.2) is 0 Å². The van der Waals surface area contributed by atoms with E-state index in [1.807, 2.05) is 12.1 Å². The van der Waals surface area contributed by atoms with Crippen molar-refractivity contribution in [2.45, 2.75) is 18.9 Å². The van der Waals surface area contributed by atoms with Crippen LogP contribution in [0.2, 0.25) is 0 Å². The number of ether oxygens (including phenoxy) is 1. The fourth-order valence-electron chi connectivity index (χ4n) is 2.20. The Morgan fingerprint density at radius 1 is 1.43 bits per heavy atom. The van der Waals surface area contributed by atoms with Crippen LogP contribution in [0, 0.1) is 0 Å². The maximum absolute atomic E-state index is 12.3. The number of amides is 1. The van der Waals surface area contributed by atoms with E-state index in [0.29, 0.717) is 26.1 Å². The fourth-order valence-corrected chi connectivity index (χ4v) is 3.52. The van der Waals surface area contributed by atoms with Crippen molar-refractivity contribution in [1.29, 1.82) is 0 Å². The third kappa shape index (κ3) is 4.94. The Balaban J connectivity index is 2.05. The number of aliphatic carboxylic acids is 1. The lowest BCUT2D eigenvalue weighted by Gasteiger charge is -2.32. The highest BCUT2D eigenvalue weighted by molar-refractivity contribution is 9.11. The number of carboxylic acid groups (broad SMARTS) is 1. The molecule has 1 aromatic heterocycles. The largest absolute Gasteiger partial charge is 0.480 e. The third-order valence-electron chi connectivity index (χ3n) is 3.20. The van der Waals surface area contributed by atoms with Crippen LogP contribution >= 0.6 is 27.3 Å². The monoisotopic (exact) mass is 373 g/mol. The van der Waals surface area contributed by atoms with Crippen LogP contribution in [0.1, 0.15) is 17.7 Å². The van der Waals surface area contributed by atoms with Gasteiger partial charge in [-0.2, -0.15) is 0 Å². The highest BCUT2D eigenvalue weighted by Gasteiger charge is 2.26. The number of rotatable bonds is 5. The highest BCUT2D eigenvalue weighted by atomic mass is 79.9. The molecule has 1 aliphatic rings. The fraction of sp³-hybridized carbons (Fsp3) is 0.429. The Kier molecular flexibility index (Phi) is 5.96. The summed E-state index contributed by atoms with van der Waals surface area (Å²) in [5.74, 6) is -1.27. The molecule has 1 aromatic rings. The van der Waals surface area contributed by atoms with Crippen molar-refractivity contribution in [2.75, 3.05) is 19.8 Å². The summed E-state index contributed by atoms with van der Waals surface area (Å²) >= 11 is 4.87. The molecule has 7 heteroatoms. The topological polar surface area (TPSA) is 66.8 Å². The molecule has 5 nitrogen and oxygen atoms in total. The molecule has 114 valence electrons. The standard InChI is InChI=1S/C14H16BrNO4S/c15-12-3-1-11(21-12)2-4-13(17)16(9-14(18)19)10-5-7-20-8-6-10/h1-4,10H,5-9H2,(H,18,19). The Bertz CT molecular complexity index is 537. The van der Waals surface area contributed by atoms with Gasteiger partial charge in [-0.05, 0) is 47.0 Å². The van der Waals surface area contributed by atoms with Crippen LogP contribution in [0.15, 0.2) is 22.0 Å². The zero-order chi connectivity index (χ0) is 15.2. The Hall–Kier alpha value is -1.18. The first-order chi connectivity index (χ1) is 10.1. The molecule has 1 aliphatic heterocycles. The van der Waals surface area contributed by atoms with Crippen molar-refractivity contribution < 1.29 is 19.4 Å². The van der Waals surface area contributed by atoms with E-state index < -0.39 is 5.97 Å². The molecule has 0 aromatic carbocycles. The number of hydrogen-bond acceptors (Lipinski definition) is 4. The first kappa shape index (κ1) is 16.2. The third-order valence-corrected chi connectivity index (χ3v) is 4.79. The Morgan fingerprint density at radius 2 is 2.14 bits per heavy atom. The molecule has 1 fully saturated rings. The summed E-state index contributed by atoms with van der Waals surface area (Å²) in [5.41, 5.74) is 0. The molecule has 0 saturated carbocycles. The van der Waals surface area contributed by atoms with Gasteiger partial charge in [0.05, 0.1) is 3.79 Å². The van der Waals surface area contributed by atoms with Gasteiger partial charge in [0.15, 0.2) is 0 Å². The predicted molar refractivity (Wildman–Crippen MR) is 84.2 cm³/mol. The molecule has 1 amide bonds. The maximum Gasteiger partial charge on any atom is 0.323 e. The number of carbonyl (C=O) groups excluding carboxylic acids is 1. The van der Waals surface area contributed by atoms with Gasteiger partial charge < -0.3 is 14.7 Å². The van der Waals surface area contributed by atoms with Gasteiger partial charge in [0.25, 0.3) is 0 Å². The van der Waals surface area contributed by atoms with Crippen LogP contribution in [0.4, 0.5) is 0 Å². The van der Waals surface area contributed by atoms with E-state index in [1.165, 1.54) is 22.3 Å². The average Bonchev–Trinajstić information content (AvgIpc) is 2.88. The lowest BCUT2D eigenvalue weighted by molar-refractivity contribution is -0.145. The van der Waals surface area contributed by atoms with Crippen molar-refractivity contribution in [3.63, 3.8) is 0 Å². The summed E-state index contributed by atoms with van der Waals surface area (Å²) in [7, 11) is 0. The van der Waals surface area contributed by atoms with Gasteiger partial charge in [0.2, 0.25) is 5.91 Å². The second-order valence-electron chi connectivity index (χ2n) is 4.68. The molecule has 0 bridgehead atoms. The van der Waals surface area contributed by atoms with Crippen LogP contribution < -0.4 is 0 Å². The number of hydrogen-bond donors (Lipinski definition) is 1. The van der Waals surface area contributed by atoms with E-state index in [1.54, 1.807) is 6.08 Å². The molecule has 0 aliphatic carbocycles. The molecule has 21 heavy (non-hydrogen) atoms. The quantitative estimate of drug-likeness (QED) is 0.805. The molecule has 0 spiro atoms. The van der Waals surface area contributed by atoms with Crippen LogP contribution in [-0.4, -0.2) is 47.7 Å². The average molecular weight is 374 g/mol. The minimum Gasteiger partial charge on any atom is -0.480 e. The van der Waals surface area contributed by atoms with Crippen molar-refractivity contribution in [1.82, 2.24) is 4.90 Å². The van der Waals surface area contributed by atoms with Crippen LogP contribution in [-0.2, 0) is 14.3 Å². The SMILES string of the molecule is O=C(O)CN(C(=O)C=Cc1ccc(Br)s1)C1CCOCC1. The summed E-state index contributed by atoms with van der Waals surface area (Å²) in [5, 5.41) is 9.00. The molecular formula is C14H16BrNO4S. The van der Waals surface area contributed by atoms with E-state index in [-0.39, 0.29) is 18.5 Å². The van der Waals surface area contributed by atoms with Gasteiger partial charge in [-0.3, -0.25) is 9.59 Å². The minimum absolute atomic E-state index is 0.0675. The smallest absolute Gasteiger partial charge is 0.323 e. The Labute approximate surface area is 135 Å². The van der Waals surface area contributed by atoms with Gasteiger partial charge in [0.1, 0.15) is 6.54 Å². The van der Waals surface area contributed by atoms with Gasteiger partial charge in [0, 0.05) is 30.2 Å². The number of thiophene rings is 1. The summed E-state index contributed by atoms with van der Waals surface area (Å²) in [6, 6.07) is 3.73. The zero-order valence-corrected chi connectivity index (χ0v) is 13.7. The molecule has 1 saturated heterocycles. The first-order valence-electron chi connectivity index (χ1n) is 6.60.